The van der Waals surface area contributed by atoms with Gasteiger partial charge in [0.15, 0.2) is 0 Å². The Bertz CT molecular complexity index is 836. The number of hydrogen-bond acceptors (Lipinski definition) is 8. The van der Waals surface area contributed by atoms with Gasteiger partial charge in [-0.2, -0.15) is 0 Å². The van der Waals surface area contributed by atoms with Gasteiger partial charge in [0.05, 0.1) is 0 Å². The molecule has 0 aliphatic rings. The molecule has 12 nitrogen and oxygen atoms in total. The van der Waals surface area contributed by atoms with Crippen molar-refractivity contribution in [2.75, 3.05) is 50.2 Å². The molecule has 2 aromatic carbocycles. The molecule has 0 atom stereocenters. The van der Waals surface area contributed by atoms with Crippen molar-refractivity contribution in [3.8, 4) is 0 Å². The fourth-order valence-electron chi connectivity index (χ4n) is 2.32. The maximum Gasteiger partial charge on any atom is 0.411 e. The number of ether oxygens (including phenoxy) is 4. The Hall–Kier alpha value is -4.48. The predicted molar refractivity (Wildman–Crippen MR) is 122 cm³/mol. The first-order valence-corrected chi connectivity index (χ1v) is 10.3. The van der Waals surface area contributed by atoms with E-state index in [9.17, 15) is 19.2 Å². The number of carbonyl (C=O) groups is 4. The van der Waals surface area contributed by atoms with Gasteiger partial charge in [0, 0.05) is 24.5 Å². The van der Waals surface area contributed by atoms with Gasteiger partial charge in [-0.15, -0.1) is 0 Å². The zero-order chi connectivity index (χ0) is 24.4. The molecule has 0 aromatic heterocycles. The van der Waals surface area contributed by atoms with Gasteiger partial charge in [-0.05, 0) is 24.3 Å². The molecule has 4 amide bonds. The second-order valence-electron chi connectivity index (χ2n) is 6.38. The van der Waals surface area contributed by atoms with Crippen molar-refractivity contribution in [3.63, 3.8) is 0 Å². The van der Waals surface area contributed by atoms with E-state index in [0.717, 1.165) is 0 Å². The largest absolute Gasteiger partial charge is 0.446 e. The second kappa shape index (κ2) is 15.3. The molecular formula is C22H26N4O8. The summed E-state index contributed by atoms with van der Waals surface area (Å²) >= 11 is 0. The Morgan fingerprint density at radius 1 is 0.500 bits per heavy atom. The molecule has 0 saturated heterocycles. The molecule has 12 heteroatoms. The molecule has 0 radical (unpaired) electrons. The van der Waals surface area contributed by atoms with E-state index in [2.05, 4.69) is 21.3 Å². The van der Waals surface area contributed by atoms with Gasteiger partial charge in [0.2, 0.25) is 0 Å². The maximum atomic E-state index is 11.6. The Morgan fingerprint density at radius 2 is 0.824 bits per heavy atom. The van der Waals surface area contributed by atoms with Crippen molar-refractivity contribution < 1.29 is 38.1 Å². The lowest BCUT2D eigenvalue weighted by Crippen LogP contribution is -2.36. The van der Waals surface area contributed by atoms with E-state index in [-0.39, 0.29) is 39.5 Å². The molecule has 0 unspecified atom stereocenters. The molecule has 182 valence electrons. The van der Waals surface area contributed by atoms with Crippen molar-refractivity contribution >= 4 is 35.7 Å². The van der Waals surface area contributed by atoms with Crippen molar-refractivity contribution in [1.82, 2.24) is 10.6 Å². The third-order valence-corrected chi connectivity index (χ3v) is 3.80. The molecule has 0 saturated carbocycles. The van der Waals surface area contributed by atoms with Crippen molar-refractivity contribution in [2.45, 2.75) is 0 Å². The van der Waals surface area contributed by atoms with Crippen LogP contribution in [0.1, 0.15) is 0 Å². The van der Waals surface area contributed by atoms with Crippen LogP contribution in [0.15, 0.2) is 60.7 Å². The highest BCUT2D eigenvalue weighted by Gasteiger charge is 2.07. The van der Waals surface area contributed by atoms with Gasteiger partial charge in [-0.3, -0.25) is 10.6 Å². The number of rotatable bonds is 11. The summed E-state index contributed by atoms with van der Waals surface area (Å²) in [5, 5.41) is 9.85. The highest BCUT2D eigenvalue weighted by Crippen LogP contribution is 2.06. The second-order valence-corrected chi connectivity index (χ2v) is 6.38. The zero-order valence-electron chi connectivity index (χ0n) is 18.3. The Kier molecular flexibility index (Phi) is 11.6. The lowest BCUT2D eigenvalue weighted by Gasteiger charge is -2.10. The lowest BCUT2D eigenvalue weighted by molar-refractivity contribution is 0.100. The average Bonchev–Trinajstić information content (AvgIpc) is 2.83. The smallest absolute Gasteiger partial charge is 0.411 e. The van der Waals surface area contributed by atoms with Crippen molar-refractivity contribution in [1.29, 1.82) is 0 Å². The van der Waals surface area contributed by atoms with Gasteiger partial charge in [-0.1, -0.05) is 36.4 Å². The summed E-state index contributed by atoms with van der Waals surface area (Å²) in [5.41, 5.74) is 1.16. The van der Waals surface area contributed by atoms with Crippen LogP contribution < -0.4 is 21.3 Å². The third kappa shape index (κ3) is 11.8. The minimum absolute atomic E-state index is 0.0826. The summed E-state index contributed by atoms with van der Waals surface area (Å²) in [5.74, 6) is 0. The summed E-state index contributed by atoms with van der Waals surface area (Å²) in [6.45, 7) is -0.356. The highest BCUT2D eigenvalue weighted by molar-refractivity contribution is 5.85. The lowest BCUT2D eigenvalue weighted by atomic mass is 10.3. The normalized spacial score (nSPS) is 9.76. The first kappa shape index (κ1) is 25.8. The number of benzene rings is 2. The van der Waals surface area contributed by atoms with Gasteiger partial charge < -0.3 is 29.6 Å². The molecule has 0 bridgehead atoms. The van der Waals surface area contributed by atoms with Crippen LogP contribution in [0, 0.1) is 0 Å². The Morgan fingerprint density at radius 3 is 1.18 bits per heavy atom. The number of amides is 4. The molecular weight excluding hydrogens is 448 g/mol. The van der Waals surface area contributed by atoms with Crippen LogP contribution in [-0.2, 0) is 18.9 Å². The summed E-state index contributed by atoms with van der Waals surface area (Å²) in [4.78, 5) is 46.2. The van der Waals surface area contributed by atoms with Crippen molar-refractivity contribution in [3.05, 3.63) is 60.7 Å². The molecule has 0 spiro atoms. The van der Waals surface area contributed by atoms with E-state index in [4.69, 9.17) is 18.9 Å². The first-order chi connectivity index (χ1) is 16.5. The molecule has 34 heavy (non-hydrogen) atoms. The molecule has 2 aromatic rings. The van der Waals surface area contributed by atoms with Crippen LogP contribution in [0.2, 0.25) is 0 Å². The van der Waals surface area contributed by atoms with Gasteiger partial charge >= 0.3 is 24.4 Å². The van der Waals surface area contributed by atoms with Gasteiger partial charge in [0.1, 0.15) is 26.4 Å². The van der Waals surface area contributed by atoms with E-state index >= 15 is 0 Å². The minimum Gasteiger partial charge on any atom is -0.446 e. The fourth-order valence-corrected chi connectivity index (χ4v) is 2.32. The number of nitrogens with one attached hydrogen (secondary N) is 4. The molecule has 0 aliphatic carbocycles. The van der Waals surface area contributed by atoms with E-state index in [1.807, 2.05) is 12.1 Å². The molecule has 2 rings (SSSR count). The van der Waals surface area contributed by atoms with Crippen LogP contribution in [-0.4, -0.2) is 63.9 Å². The summed E-state index contributed by atoms with van der Waals surface area (Å²) in [6.07, 6.45) is -2.81. The Labute approximate surface area is 195 Å². The highest BCUT2D eigenvalue weighted by atomic mass is 16.6. The van der Waals surface area contributed by atoms with Crippen LogP contribution >= 0.6 is 0 Å². The predicted octanol–water partition coefficient (Wildman–Crippen LogP) is 2.94. The van der Waals surface area contributed by atoms with E-state index < -0.39 is 24.4 Å². The third-order valence-electron chi connectivity index (χ3n) is 3.80. The monoisotopic (exact) mass is 474 g/mol. The SMILES string of the molecule is O=C(NCCNC(=O)OCCOC(=O)Nc1ccccc1)OCCOC(=O)Nc1ccccc1. The fraction of sp³-hybridized carbons (Fsp3) is 0.273. The molecule has 0 aliphatic heterocycles. The van der Waals surface area contributed by atoms with Gasteiger partial charge in [-0.25, -0.2) is 19.2 Å². The number of hydrogen-bond donors (Lipinski definition) is 4. The van der Waals surface area contributed by atoms with Crippen LogP contribution in [0.4, 0.5) is 30.6 Å². The number of alkyl carbamates (subject to hydrolysis) is 2. The number of para-hydroxylation sites is 2. The van der Waals surface area contributed by atoms with E-state index in [1.54, 1.807) is 48.5 Å². The molecule has 4 N–H and O–H groups in total. The number of carbonyl (C=O) groups excluding carboxylic acids is 4. The summed E-state index contributed by atoms with van der Waals surface area (Å²) < 4.78 is 19.4. The van der Waals surface area contributed by atoms with E-state index in [0.29, 0.717) is 11.4 Å². The maximum absolute atomic E-state index is 11.6. The molecule has 0 heterocycles. The van der Waals surface area contributed by atoms with Crippen LogP contribution in [0.3, 0.4) is 0 Å². The van der Waals surface area contributed by atoms with Crippen molar-refractivity contribution in [2.24, 2.45) is 0 Å². The summed E-state index contributed by atoms with van der Waals surface area (Å²) in [6, 6.07) is 17.5. The summed E-state index contributed by atoms with van der Waals surface area (Å²) in [7, 11) is 0. The van der Waals surface area contributed by atoms with E-state index in [1.165, 1.54) is 0 Å². The van der Waals surface area contributed by atoms with Crippen LogP contribution in [0.5, 0.6) is 0 Å². The minimum atomic E-state index is -0.736. The van der Waals surface area contributed by atoms with Crippen LogP contribution in [0.25, 0.3) is 0 Å². The quantitative estimate of drug-likeness (QED) is 0.286. The number of anilines is 2. The zero-order valence-corrected chi connectivity index (χ0v) is 18.3. The standard InChI is InChI=1S/C22H26N4O8/c27-19(31-13-15-33-21(29)25-17-7-3-1-4-8-17)23-11-12-24-20(28)32-14-16-34-22(30)26-18-9-5-2-6-10-18/h1-10H,11-16H2,(H,23,27)(H,24,28)(H,25,29)(H,26,30). The molecule has 0 fully saturated rings. The van der Waals surface area contributed by atoms with Gasteiger partial charge in [0.25, 0.3) is 0 Å². The first-order valence-electron chi connectivity index (χ1n) is 10.3. The topological polar surface area (TPSA) is 153 Å². The average molecular weight is 474 g/mol. The Balaban J connectivity index is 1.41.